The van der Waals surface area contributed by atoms with Crippen molar-refractivity contribution >= 4 is 41.7 Å². The third kappa shape index (κ3) is 7.47. The van der Waals surface area contributed by atoms with Crippen molar-refractivity contribution in [2.24, 2.45) is 0 Å². The van der Waals surface area contributed by atoms with E-state index in [-0.39, 0.29) is 43.9 Å². The van der Waals surface area contributed by atoms with Gasteiger partial charge in [-0.25, -0.2) is 4.98 Å². The van der Waals surface area contributed by atoms with Crippen molar-refractivity contribution in [1.82, 2.24) is 9.88 Å². The standard InChI is InChI=1S/C30H30N2O6.2ClH/c1-32(2)17-29(33)38-30-25-16-24(35-18-21-9-8-20-6-4-5-7-26(20)31-21)14-15-27(25)36-19-28(30)37-23-12-10-22(34-3)11-13-23;;/h4-16,28,30H,17-19H2,1-3H3;2*1H/t28-,30+;;/m0../s1. The first-order chi connectivity index (χ1) is 18.5. The third-order valence-corrected chi connectivity index (χ3v) is 6.12. The van der Waals surface area contributed by atoms with Gasteiger partial charge in [-0.05, 0) is 68.7 Å². The number of pyridine rings is 1. The second kappa shape index (κ2) is 14.1. The molecule has 10 heteroatoms. The predicted octanol–water partition coefficient (Wildman–Crippen LogP) is 5.65. The molecule has 1 aromatic heterocycles. The van der Waals surface area contributed by atoms with Crippen LogP contribution in [0.1, 0.15) is 17.4 Å². The van der Waals surface area contributed by atoms with E-state index in [2.05, 4.69) is 4.98 Å². The summed E-state index contributed by atoms with van der Waals surface area (Å²) >= 11 is 0. The molecule has 5 rings (SSSR count). The van der Waals surface area contributed by atoms with Crippen molar-refractivity contribution in [3.05, 3.63) is 90.1 Å². The summed E-state index contributed by atoms with van der Waals surface area (Å²) < 4.78 is 29.5. The van der Waals surface area contributed by atoms with Gasteiger partial charge in [0.2, 0.25) is 0 Å². The van der Waals surface area contributed by atoms with Gasteiger partial charge in [0.15, 0.2) is 12.2 Å². The number of carbonyl (C=O) groups is 1. The molecule has 3 aromatic carbocycles. The molecule has 40 heavy (non-hydrogen) atoms. The summed E-state index contributed by atoms with van der Waals surface area (Å²) in [6.45, 7) is 0.660. The zero-order valence-electron chi connectivity index (χ0n) is 22.4. The Morgan fingerprint density at radius 1 is 0.950 bits per heavy atom. The van der Waals surface area contributed by atoms with Gasteiger partial charge in [0.1, 0.15) is 36.2 Å². The van der Waals surface area contributed by atoms with Gasteiger partial charge in [-0.2, -0.15) is 0 Å². The highest BCUT2D eigenvalue weighted by molar-refractivity contribution is 5.85. The number of fused-ring (bicyclic) bond motifs is 2. The monoisotopic (exact) mass is 586 g/mol. The molecule has 0 fully saturated rings. The number of benzene rings is 3. The second-order valence-corrected chi connectivity index (χ2v) is 9.27. The van der Waals surface area contributed by atoms with Crippen LogP contribution in [-0.2, 0) is 16.1 Å². The maximum atomic E-state index is 12.7. The minimum atomic E-state index is -0.685. The first-order valence-corrected chi connectivity index (χ1v) is 12.4. The molecular formula is C30H32Cl2N2O6. The van der Waals surface area contributed by atoms with Crippen LogP contribution in [0.5, 0.6) is 23.0 Å². The fourth-order valence-corrected chi connectivity index (χ4v) is 4.28. The van der Waals surface area contributed by atoms with E-state index >= 15 is 0 Å². The Morgan fingerprint density at radius 2 is 1.68 bits per heavy atom. The van der Waals surface area contributed by atoms with Gasteiger partial charge in [0, 0.05) is 10.9 Å². The van der Waals surface area contributed by atoms with E-state index in [0.29, 0.717) is 29.4 Å². The van der Waals surface area contributed by atoms with Gasteiger partial charge in [0.05, 0.1) is 24.9 Å². The average molecular weight is 588 g/mol. The Balaban J connectivity index is 0.00000220. The van der Waals surface area contributed by atoms with Gasteiger partial charge in [-0.15, -0.1) is 24.8 Å². The minimum absolute atomic E-state index is 0. The van der Waals surface area contributed by atoms with Crippen LogP contribution in [0.3, 0.4) is 0 Å². The molecule has 212 valence electrons. The number of ether oxygens (including phenoxy) is 5. The number of hydrogen-bond donors (Lipinski definition) is 0. The first kappa shape index (κ1) is 30.8. The Kier molecular flexibility index (Phi) is 10.8. The lowest BCUT2D eigenvalue weighted by Crippen LogP contribution is -2.39. The van der Waals surface area contributed by atoms with Gasteiger partial charge in [0.25, 0.3) is 0 Å². The normalized spacial score (nSPS) is 15.6. The number of halogens is 2. The van der Waals surface area contributed by atoms with Crippen molar-refractivity contribution in [3.63, 3.8) is 0 Å². The highest BCUT2D eigenvalue weighted by Crippen LogP contribution is 2.39. The average Bonchev–Trinajstić information content (AvgIpc) is 2.93. The van der Waals surface area contributed by atoms with Gasteiger partial charge >= 0.3 is 5.97 Å². The summed E-state index contributed by atoms with van der Waals surface area (Å²) in [5.74, 6) is 2.22. The Labute approximate surface area is 246 Å². The van der Waals surface area contributed by atoms with Crippen LogP contribution in [0, 0.1) is 0 Å². The first-order valence-electron chi connectivity index (χ1n) is 12.4. The van der Waals surface area contributed by atoms with Crippen LogP contribution < -0.4 is 18.9 Å². The van der Waals surface area contributed by atoms with E-state index in [1.54, 1.807) is 12.0 Å². The van der Waals surface area contributed by atoms with Crippen molar-refractivity contribution < 1.29 is 28.5 Å². The SMILES string of the molecule is COc1ccc(O[C@H]2COc3ccc(OCc4ccc5ccccc5n4)cc3[C@H]2OC(=O)CN(C)C)cc1.Cl.Cl. The fourth-order valence-electron chi connectivity index (χ4n) is 4.28. The maximum absolute atomic E-state index is 12.7. The number of esters is 1. The van der Waals surface area contributed by atoms with E-state index < -0.39 is 12.2 Å². The number of carbonyl (C=O) groups excluding carboxylic acids is 1. The van der Waals surface area contributed by atoms with Crippen molar-refractivity contribution in [2.75, 3.05) is 34.4 Å². The van der Waals surface area contributed by atoms with E-state index in [0.717, 1.165) is 22.3 Å². The van der Waals surface area contributed by atoms with Crippen LogP contribution in [0.15, 0.2) is 78.9 Å². The lowest BCUT2D eigenvalue weighted by Gasteiger charge is -2.33. The molecule has 0 saturated carbocycles. The Hall–Kier alpha value is -3.72. The zero-order chi connectivity index (χ0) is 26.5. The number of aromatic nitrogens is 1. The predicted molar refractivity (Wildman–Crippen MR) is 157 cm³/mol. The summed E-state index contributed by atoms with van der Waals surface area (Å²) in [7, 11) is 5.24. The van der Waals surface area contributed by atoms with Crippen LogP contribution in [-0.4, -0.2) is 56.3 Å². The smallest absolute Gasteiger partial charge is 0.320 e. The van der Waals surface area contributed by atoms with Crippen LogP contribution >= 0.6 is 24.8 Å². The molecule has 0 N–H and O–H groups in total. The molecular weight excluding hydrogens is 555 g/mol. The summed E-state index contributed by atoms with van der Waals surface area (Å²) in [5.41, 5.74) is 2.41. The van der Waals surface area contributed by atoms with Crippen LogP contribution in [0.2, 0.25) is 0 Å². The zero-order valence-corrected chi connectivity index (χ0v) is 24.1. The molecule has 1 aliphatic heterocycles. The molecule has 0 unspecified atom stereocenters. The highest BCUT2D eigenvalue weighted by Gasteiger charge is 2.36. The maximum Gasteiger partial charge on any atom is 0.320 e. The van der Waals surface area contributed by atoms with Gasteiger partial charge in [-0.3, -0.25) is 9.69 Å². The molecule has 0 bridgehead atoms. The minimum Gasteiger partial charge on any atom is -0.497 e. The lowest BCUT2D eigenvalue weighted by molar-refractivity contribution is -0.157. The summed E-state index contributed by atoms with van der Waals surface area (Å²) in [6, 6.07) is 24.7. The molecule has 0 radical (unpaired) electrons. The molecule has 8 nitrogen and oxygen atoms in total. The van der Waals surface area contributed by atoms with E-state index in [4.69, 9.17) is 23.7 Å². The third-order valence-electron chi connectivity index (χ3n) is 6.12. The van der Waals surface area contributed by atoms with Crippen molar-refractivity contribution in [2.45, 2.75) is 18.8 Å². The highest BCUT2D eigenvalue weighted by atomic mass is 35.5. The Morgan fingerprint density at radius 3 is 2.42 bits per heavy atom. The second-order valence-electron chi connectivity index (χ2n) is 9.27. The van der Waals surface area contributed by atoms with E-state index in [9.17, 15) is 4.79 Å². The van der Waals surface area contributed by atoms with Gasteiger partial charge in [-0.1, -0.05) is 24.3 Å². The molecule has 4 aromatic rings. The van der Waals surface area contributed by atoms with Crippen LogP contribution in [0.25, 0.3) is 10.9 Å². The number of para-hydroxylation sites is 1. The van der Waals surface area contributed by atoms with Crippen molar-refractivity contribution in [3.8, 4) is 23.0 Å². The summed E-state index contributed by atoms with van der Waals surface area (Å²) in [4.78, 5) is 19.1. The van der Waals surface area contributed by atoms with E-state index in [1.165, 1.54) is 0 Å². The lowest BCUT2D eigenvalue weighted by atomic mass is 10.00. The molecule has 2 heterocycles. The molecule has 2 atom stereocenters. The molecule has 0 amide bonds. The van der Waals surface area contributed by atoms with E-state index in [1.807, 2.05) is 93.0 Å². The van der Waals surface area contributed by atoms with Crippen molar-refractivity contribution in [1.29, 1.82) is 0 Å². The molecule has 0 aliphatic carbocycles. The number of hydrogen-bond acceptors (Lipinski definition) is 8. The largest absolute Gasteiger partial charge is 0.497 e. The van der Waals surface area contributed by atoms with Crippen LogP contribution in [0.4, 0.5) is 0 Å². The number of nitrogens with zero attached hydrogens (tertiary/aromatic N) is 2. The Bertz CT molecular complexity index is 1420. The number of methoxy groups -OCH3 is 1. The summed E-state index contributed by atoms with van der Waals surface area (Å²) in [5, 5.41) is 1.08. The summed E-state index contributed by atoms with van der Waals surface area (Å²) in [6.07, 6.45) is -1.24. The molecule has 0 saturated heterocycles. The number of likely N-dealkylation sites (N-methyl/N-ethyl adjacent to an activating group) is 1. The number of rotatable bonds is 9. The molecule has 1 aliphatic rings. The quantitative estimate of drug-likeness (QED) is 0.233. The van der Waals surface area contributed by atoms with Gasteiger partial charge < -0.3 is 23.7 Å². The molecule has 0 spiro atoms. The fraction of sp³-hybridized carbons (Fsp3) is 0.267. The topological polar surface area (TPSA) is 79.4 Å².